The molecule has 1 atom stereocenters. The molecule has 1 aliphatic rings. The molecule has 1 heterocycles. The van der Waals surface area contributed by atoms with Crippen molar-refractivity contribution in [1.82, 2.24) is 0 Å². The summed E-state index contributed by atoms with van der Waals surface area (Å²) in [5, 5.41) is 9.17. The van der Waals surface area contributed by atoms with Crippen molar-refractivity contribution >= 4 is 5.90 Å². The van der Waals surface area contributed by atoms with Crippen LogP contribution in [-0.2, 0) is 11.2 Å². The lowest BCUT2D eigenvalue weighted by Gasteiger charge is -2.12. The summed E-state index contributed by atoms with van der Waals surface area (Å²) in [6, 6.07) is 7.80. The molecular formula is C13H17NO3. The number of hydrogen-bond donors (Lipinski definition) is 1. The molecule has 1 aromatic carbocycles. The van der Waals surface area contributed by atoms with Crippen LogP contribution in [0.4, 0.5) is 0 Å². The van der Waals surface area contributed by atoms with E-state index in [1.54, 1.807) is 7.11 Å². The van der Waals surface area contributed by atoms with E-state index in [0.29, 0.717) is 18.9 Å². The number of benzene rings is 1. The van der Waals surface area contributed by atoms with Crippen molar-refractivity contribution in [3.05, 3.63) is 29.8 Å². The van der Waals surface area contributed by atoms with Gasteiger partial charge in [-0.05, 0) is 24.6 Å². The minimum absolute atomic E-state index is 0.0130. The number of hydrogen-bond acceptors (Lipinski definition) is 4. The lowest BCUT2D eigenvalue weighted by Crippen LogP contribution is -2.28. The van der Waals surface area contributed by atoms with Gasteiger partial charge in [-0.15, -0.1) is 0 Å². The molecular weight excluding hydrogens is 218 g/mol. The molecule has 1 unspecified atom stereocenters. The van der Waals surface area contributed by atoms with Crippen LogP contribution in [-0.4, -0.2) is 36.9 Å². The quantitative estimate of drug-likeness (QED) is 0.858. The molecule has 0 fully saturated rings. The number of aliphatic imine (C=N–C) groups is 1. The Morgan fingerprint density at radius 3 is 2.65 bits per heavy atom. The monoisotopic (exact) mass is 235 g/mol. The van der Waals surface area contributed by atoms with E-state index < -0.39 is 5.54 Å². The summed E-state index contributed by atoms with van der Waals surface area (Å²) in [4.78, 5) is 4.39. The molecule has 0 saturated heterocycles. The summed E-state index contributed by atoms with van der Waals surface area (Å²) in [5.41, 5.74) is 0.647. The second-order valence-corrected chi connectivity index (χ2v) is 4.47. The van der Waals surface area contributed by atoms with E-state index in [0.717, 1.165) is 11.3 Å². The minimum Gasteiger partial charge on any atom is -0.497 e. The normalized spacial score (nSPS) is 23.1. The van der Waals surface area contributed by atoms with Crippen LogP contribution in [0.1, 0.15) is 12.5 Å². The highest BCUT2D eigenvalue weighted by Gasteiger charge is 2.30. The average molecular weight is 235 g/mol. The van der Waals surface area contributed by atoms with E-state index in [2.05, 4.69) is 4.99 Å². The first-order valence-corrected chi connectivity index (χ1v) is 5.60. The lowest BCUT2D eigenvalue weighted by atomic mass is 10.1. The van der Waals surface area contributed by atoms with Crippen LogP contribution in [0.5, 0.6) is 5.75 Å². The third-order valence-electron chi connectivity index (χ3n) is 2.80. The van der Waals surface area contributed by atoms with Crippen molar-refractivity contribution in [2.24, 2.45) is 4.99 Å². The first-order chi connectivity index (χ1) is 8.15. The molecule has 0 spiro atoms. The zero-order valence-electron chi connectivity index (χ0n) is 10.1. The zero-order valence-corrected chi connectivity index (χ0v) is 10.1. The van der Waals surface area contributed by atoms with Crippen LogP contribution < -0.4 is 4.74 Å². The molecule has 0 aromatic heterocycles. The van der Waals surface area contributed by atoms with E-state index in [-0.39, 0.29) is 6.61 Å². The fraction of sp³-hybridized carbons (Fsp3) is 0.462. The van der Waals surface area contributed by atoms with Gasteiger partial charge in [0, 0.05) is 6.42 Å². The molecule has 2 rings (SSSR count). The Balaban J connectivity index is 2.04. The Morgan fingerprint density at radius 2 is 2.12 bits per heavy atom. The number of ether oxygens (including phenoxy) is 2. The Kier molecular flexibility index (Phi) is 3.33. The predicted octanol–water partition coefficient (Wildman–Crippen LogP) is 1.42. The van der Waals surface area contributed by atoms with Gasteiger partial charge in [-0.1, -0.05) is 12.1 Å². The molecule has 1 N–H and O–H groups in total. The Bertz CT molecular complexity index is 413. The van der Waals surface area contributed by atoms with Gasteiger partial charge in [0.2, 0.25) is 0 Å². The van der Waals surface area contributed by atoms with Crippen molar-refractivity contribution in [3.63, 3.8) is 0 Å². The zero-order chi connectivity index (χ0) is 12.3. The fourth-order valence-corrected chi connectivity index (χ4v) is 1.69. The van der Waals surface area contributed by atoms with Crippen LogP contribution >= 0.6 is 0 Å². The summed E-state index contributed by atoms with van der Waals surface area (Å²) in [5.74, 6) is 1.52. The molecule has 17 heavy (non-hydrogen) atoms. The van der Waals surface area contributed by atoms with Crippen LogP contribution in [0.2, 0.25) is 0 Å². The van der Waals surface area contributed by atoms with Gasteiger partial charge in [0.05, 0.1) is 13.7 Å². The smallest absolute Gasteiger partial charge is 0.188 e. The average Bonchev–Trinajstić information content (AvgIpc) is 2.73. The van der Waals surface area contributed by atoms with E-state index >= 15 is 0 Å². The maximum absolute atomic E-state index is 9.17. The summed E-state index contributed by atoms with van der Waals surface area (Å²) in [6.45, 7) is 2.35. The van der Waals surface area contributed by atoms with Crippen LogP contribution in [0.3, 0.4) is 0 Å². The molecule has 4 nitrogen and oxygen atoms in total. The standard InChI is InChI=1S/C13H17NO3/c1-13(8-15)9-17-12(14-13)7-10-3-5-11(16-2)6-4-10/h3-6,15H,7-9H2,1-2H3. The fourth-order valence-electron chi connectivity index (χ4n) is 1.69. The number of aliphatic hydroxyl groups excluding tert-OH is 1. The van der Waals surface area contributed by atoms with Gasteiger partial charge < -0.3 is 14.6 Å². The molecule has 1 aliphatic heterocycles. The number of nitrogens with zero attached hydrogens (tertiary/aromatic N) is 1. The van der Waals surface area contributed by atoms with Gasteiger partial charge >= 0.3 is 0 Å². The van der Waals surface area contributed by atoms with E-state index in [4.69, 9.17) is 9.47 Å². The third kappa shape index (κ3) is 2.77. The van der Waals surface area contributed by atoms with Crippen molar-refractivity contribution in [3.8, 4) is 5.75 Å². The summed E-state index contributed by atoms with van der Waals surface area (Å²) in [6.07, 6.45) is 0.652. The third-order valence-corrected chi connectivity index (χ3v) is 2.80. The molecule has 0 amide bonds. The summed E-state index contributed by atoms with van der Waals surface area (Å²) in [7, 11) is 1.64. The molecule has 0 bridgehead atoms. The molecule has 0 aliphatic carbocycles. The van der Waals surface area contributed by atoms with Gasteiger partial charge in [-0.25, -0.2) is 4.99 Å². The first-order valence-electron chi connectivity index (χ1n) is 5.60. The van der Waals surface area contributed by atoms with Crippen molar-refractivity contribution < 1.29 is 14.6 Å². The highest BCUT2D eigenvalue weighted by Crippen LogP contribution is 2.20. The molecule has 0 saturated carbocycles. The Labute approximate surface area is 101 Å². The molecule has 4 heteroatoms. The van der Waals surface area contributed by atoms with Crippen LogP contribution in [0.25, 0.3) is 0 Å². The Hall–Kier alpha value is -1.55. The number of aliphatic hydroxyl groups is 1. The van der Waals surface area contributed by atoms with Gasteiger partial charge in [0.15, 0.2) is 5.90 Å². The molecule has 0 radical (unpaired) electrons. The highest BCUT2D eigenvalue weighted by atomic mass is 16.5. The minimum atomic E-state index is -0.470. The summed E-state index contributed by atoms with van der Waals surface area (Å²) < 4.78 is 10.6. The van der Waals surface area contributed by atoms with Gasteiger partial charge in [-0.2, -0.15) is 0 Å². The first kappa shape index (κ1) is 11.9. The molecule has 1 aromatic rings. The number of methoxy groups -OCH3 is 1. The van der Waals surface area contributed by atoms with Gasteiger partial charge in [0.25, 0.3) is 0 Å². The number of rotatable bonds is 4. The second kappa shape index (κ2) is 4.75. The molecule has 92 valence electrons. The van der Waals surface area contributed by atoms with E-state index in [9.17, 15) is 5.11 Å². The van der Waals surface area contributed by atoms with E-state index in [1.165, 1.54) is 0 Å². The SMILES string of the molecule is COc1ccc(CC2=NC(C)(CO)CO2)cc1. The van der Waals surface area contributed by atoms with Crippen molar-refractivity contribution in [2.75, 3.05) is 20.3 Å². The van der Waals surface area contributed by atoms with Crippen molar-refractivity contribution in [2.45, 2.75) is 18.9 Å². The second-order valence-electron chi connectivity index (χ2n) is 4.47. The predicted molar refractivity (Wildman–Crippen MR) is 65.6 cm³/mol. The maximum atomic E-state index is 9.17. The van der Waals surface area contributed by atoms with Crippen LogP contribution in [0, 0.1) is 0 Å². The largest absolute Gasteiger partial charge is 0.497 e. The highest BCUT2D eigenvalue weighted by molar-refractivity contribution is 5.80. The van der Waals surface area contributed by atoms with Gasteiger partial charge in [0.1, 0.15) is 17.9 Å². The maximum Gasteiger partial charge on any atom is 0.188 e. The van der Waals surface area contributed by atoms with E-state index in [1.807, 2.05) is 31.2 Å². The Morgan fingerprint density at radius 1 is 1.41 bits per heavy atom. The van der Waals surface area contributed by atoms with Crippen LogP contribution in [0.15, 0.2) is 29.3 Å². The summed E-state index contributed by atoms with van der Waals surface area (Å²) >= 11 is 0. The topological polar surface area (TPSA) is 51.0 Å². The van der Waals surface area contributed by atoms with Crippen molar-refractivity contribution in [1.29, 1.82) is 0 Å². The lowest BCUT2D eigenvalue weighted by molar-refractivity contribution is 0.169. The van der Waals surface area contributed by atoms with Gasteiger partial charge in [-0.3, -0.25) is 0 Å².